The van der Waals surface area contributed by atoms with Gasteiger partial charge in [-0.15, -0.1) is 6.58 Å². The number of hydrogen-bond donors (Lipinski definition) is 1. The number of nitrogens with zero attached hydrogens (tertiary/aromatic N) is 2. The van der Waals surface area contributed by atoms with Crippen LogP contribution in [0.5, 0.6) is 0 Å². The van der Waals surface area contributed by atoms with Gasteiger partial charge in [0.1, 0.15) is 0 Å². The van der Waals surface area contributed by atoms with Gasteiger partial charge in [-0.3, -0.25) is 9.69 Å². The van der Waals surface area contributed by atoms with E-state index < -0.39 is 0 Å². The summed E-state index contributed by atoms with van der Waals surface area (Å²) in [4.78, 5) is 16.4. The third-order valence-electron chi connectivity index (χ3n) is 3.43. The molecule has 0 unspecified atom stereocenters. The van der Waals surface area contributed by atoms with Gasteiger partial charge < -0.3 is 10.2 Å². The lowest BCUT2D eigenvalue weighted by molar-refractivity contribution is -0.134. The first-order chi connectivity index (χ1) is 7.81. The number of carbonyl (C=O) groups is 1. The van der Waals surface area contributed by atoms with Gasteiger partial charge in [-0.05, 0) is 19.4 Å². The van der Waals surface area contributed by atoms with Gasteiger partial charge in [0.15, 0.2) is 0 Å². The fraction of sp³-hybridized carbons (Fsp3) is 0.750. The maximum Gasteiger partial charge on any atom is 0.239 e. The topological polar surface area (TPSA) is 35.6 Å². The lowest BCUT2D eigenvalue weighted by Crippen LogP contribution is -2.52. The predicted molar refractivity (Wildman–Crippen MR) is 64.2 cm³/mol. The largest absolute Gasteiger partial charge is 0.339 e. The van der Waals surface area contributed by atoms with E-state index in [-0.39, 0.29) is 6.04 Å². The molecule has 2 fully saturated rings. The van der Waals surface area contributed by atoms with Crippen LogP contribution in [0.2, 0.25) is 0 Å². The van der Waals surface area contributed by atoms with Crippen molar-refractivity contribution in [2.24, 2.45) is 0 Å². The van der Waals surface area contributed by atoms with E-state index >= 15 is 0 Å². The quantitative estimate of drug-likeness (QED) is 0.688. The molecule has 16 heavy (non-hydrogen) atoms. The van der Waals surface area contributed by atoms with Crippen molar-refractivity contribution in [3.05, 3.63) is 12.7 Å². The minimum Gasteiger partial charge on any atom is -0.339 e. The highest BCUT2D eigenvalue weighted by molar-refractivity contribution is 5.82. The fourth-order valence-corrected chi connectivity index (χ4v) is 2.45. The van der Waals surface area contributed by atoms with Crippen LogP contribution in [0.1, 0.15) is 12.8 Å². The molecule has 0 bridgehead atoms. The Balaban J connectivity index is 1.79. The van der Waals surface area contributed by atoms with Crippen LogP contribution in [0.25, 0.3) is 0 Å². The molecule has 0 aliphatic carbocycles. The molecule has 2 saturated heterocycles. The number of piperazine rings is 1. The standard InChI is InChI=1S/C12H21N3O/c1-2-6-14-7-9-15(10-8-14)12(16)11-4-3-5-13-11/h2,11,13H,1,3-10H2/t11-/m0/s1. The van der Waals surface area contributed by atoms with Gasteiger partial charge >= 0.3 is 0 Å². The molecule has 0 radical (unpaired) electrons. The number of rotatable bonds is 3. The summed E-state index contributed by atoms with van der Waals surface area (Å²) in [6.45, 7) is 9.35. The molecule has 2 heterocycles. The summed E-state index contributed by atoms with van der Waals surface area (Å²) in [5.74, 6) is 0.302. The van der Waals surface area contributed by atoms with Crippen molar-refractivity contribution in [3.63, 3.8) is 0 Å². The Hall–Kier alpha value is -0.870. The van der Waals surface area contributed by atoms with E-state index in [0.717, 1.165) is 52.1 Å². The maximum absolute atomic E-state index is 12.1. The molecule has 2 aliphatic rings. The molecule has 0 aromatic heterocycles. The third kappa shape index (κ3) is 2.62. The van der Waals surface area contributed by atoms with E-state index in [0.29, 0.717) is 5.91 Å². The van der Waals surface area contributed by atoms with E-state index in [4.69, 9.17) is 0 Å². The van der Waals surface area contributed by atoms with Crippen LogP contribution < -0.4 is 5.32 Å². The van der Waals surface area contributed by atoms with E-state index in [1.807, 2.05) is 11.0 Å². The Kier molecular flexibility index (Phi) is 3.96. The molecular formula is C12H21N3O. The second-order valence-corrected chi connectivity index (χ2v) is 4.56. The van der Waals surface area contributed by atoms with Crippen LogP contribution in [-0.4, -0.2) is 61.0 Å². The summed E-state index contributed by atoms with van der Waals surface area (Å²) in [6, 6.07) is 0.0888. The first kappa shape index (κ1) is 11.6. The highest BCUT2D eigenvalue weighted by atomic mass is 16.2. The number of amides is 1. The zero-order valence-electron chi connectivity index (χ0n) is 9.82. The van der Waals surface area contributed by atoms with Gasteiger partial charge in [0.25, 0.3) is 0 Å². The molecule has 4 nitrogen and oxygen atoms in total. The summed E-state index contributed by atoms with van der Waals surface area (Å²) in [5, 5.41) is 3.27. The molecule has 4 heteroatoms. The number of carbonyl (C=O) groups excluding carboxylic acids is 1. The number of nitrogens with one attached hydrogen (secondary N) is 1. The molecule has 0 saturated carbocycles. The Morgan fingerprint density at radius 1 is 1.38 bits per heavy atom. The zero-order valence-corrected chi connectivity index (χ0v) is 9.82. The second kappa shape index (κ2) is 5.46. The second-order valence-electron chi connectivity index (χ2n) is 4.56. The molecule has 2 aliphatic heterocycles. The lowest BCUT2D eigenvalue weighted by atomic mass is 10.2. The van der Waals surface area contributed by atoms with Crippen LogP contribution in [0, 0.1) is 0 Å². The molecule has 2 rings (SSSR count). The molecule has 0 aromatic carbocycles. The van der Waals surface area contributed by atoms with Gasteiger partial charge in [0.05, 0.1) is 6.04 Å². The summed E-state index contributed by atoms with van der Waals surface area (Å²) in [5.41, 5.74) is 0. The Morgan fingerprint density at radius 2 is 2.12 bits per heavy atom. The molecule has 1 amide bonds. The van der Waals surface area contributed by atoms with Gasteiger partial charge in [0, 0.05) is 32.7 Å². The summed E-state index contributed by atoms with van der Waals surface area (Å²) in [6.07, 6.45) is 4.06. The molecular weight excluding hydrogens is 202 g/mol. The van der Waals surface area contributed by atoms with Gasteiger partial charge in [-0.1, -0.05) is 6.08 Å². The Labute approximate surface area is 97.3 Å². The molecule has 1 N–H and O–H groups in total. The van der Waals surface area contributed by atoms with Gasteiger partial charge in [-0.25, -0.2) is 0 Å². The normalized spacial score (nSPS) is 27.0. The average Bonchev–Trinajstić information content (AvgIpc) is 2.83. The van der Waals surface area contributed by atoms with Crippen LogP contribution in [0.4, 0.5) is 0 Å². The van der Waals surface area contributed by atoms with Crippen molar-refractivity contribution < 1.29 is 4.79 Å². The Bertz CT molecular complexity index is 253. The van der Waals surface area contributed by atoms with Gasteiger partial charge in [-0.2, -0.15) is 0 Å². The predicted octanol–water partition coefficient (Wildman–Crippen LogP) is 0.0686. The number of hydrogen-bond acceptors (Lipinski definition) is 3. The summed E-state index contributed by atoms with van der Waals surface area (Å²) in [7, 11) is 0. The van der Waals surface area contributed by atoms with Crippen molar-refractivity contribution in [3.8, 4) is 0 Å². The molecule has 0 spiro atoms. The van der Waals surface area contributed by atoms with Crippen LogP contribution in [-0.2, 0) is 4.79 Å². The summed E-state index contributed by atoms with van der Waals surface area (Å²) >= 11 is 0. The molecule has 90 valence electrons. The minimum absolute atomic E-state index is 0.0888. The molecule has 1 atom stereocenters. The van der Waals surface area contributed by atoms with Crippen molar-refractivity contribution in [2.45, 2.75) is 18.9 Å². The maximum atomic E-state index is 12.1. The van der Waals surface area contributed by atoms with Crippen molar-refractivity contribution in [2.75, 3.05) is 39.3 Å². The van der Waals surface area contributed by atoms with Crippen LogP contribution in [0.3, 0.4) is 0 Å². The molecule has 0 aromatic rings. The highest BCUT2D eigenvalue weighted by Crippen LogP contribution is 2.10. The summed E-state index contributed by atoms with van der Waals surface area (Å²) < 4.78 is 0. The SMILES string of the molecule is C=CCN1CCN(C(=O)[C@@H]2CCCN2)CC1. The minimum atomic E-state index is 0.0888. The first-order valence-electron chi connectivity index (χ1n) is 6.16. The van der Waals surface area contributed by atoms with Crippen molar-refractivity contribution in [1.29, 1.82) is 0 Å². The third-order valence-corrected chi connectivity index (χ3v) is 3.43. The van der Waals surface area contributed by atoms with Gasteiger partial charge in [0.2, 0.25) is 5.91 Å². The highest BCUT2D eigenvalue weighted by Gasteiger charge is 2.28. The average molecular weight is 223 g/mol. The van der Waals surface area contributed by atoms with Crippen LogP contribution >= 0.6 is 0 Å². The zero-order chi connectivity index (χ0) is 11.4. The van der Waals surface area contributed by atoms with E-state index in [1.54, 1.807) is 0 Å². The van der Waals surface area contributed by atoms with Crippen LogP contribution in [0.15, 0.2) is 12.7 Å². The fourth-order valence-electron chi connectivity index (χ4n) is 2.45. The Morgan fingerprint density at radius 3 is 2.69 bits per heavy atom. The first-order valence-corrected chi connectivity index (χ1v) is 6.16. The van der Waals surface area contributed by atoms with E-state index in [2.05, 4.69) is 16.8 Å². The van der Waals surface area contributed by atoms with E-state index in [9.17, 15) is 4.79 Å². The van der Waals surface area contributed by atoms with E-state index in [1.165, 1.54) is 0 Å². The van der Waals surface area contributed by atoms with Crippen molar-refractivity contribution in [1.82, 2.24) is 15.1 Å². The van der Waals surface area contributed by atoms with Crippen molar-refractivity contribution >= 4 is 5.91 Å². The monoisotopic (exact) mass is 223 g/mol. The lowest BCUT2D eigenvalue weighted by Gasteiger charge is -2.35. The smallest absolute Gasteiger partial charge is 0.239 e.